The highest BCUT2D eigenvalue weighted by Gasteiger charge is 2.40. The summed E-state index contributed by atoms with van der Waals surface area (Å²) in [5.41, 5.74) is -1.79. The molecule has 3 heterocycles. The van der Waals surface area contributed by atoms with Gasteiger partial charge in [-0.2, -0.15) is 0 Å². The zero-order valence-electron chi connectivity index (χ0n) is 12.9. The Morgan fingerprint density at radius 1 is 1.39 bits per heavy atom. The standard InChI is InChI=1S/C15H18N2O6/c1-7(2)9-3-4-17-10(23-9)6-16-5-8(15(21)22)12(18)13(19)11(16)14(17)20/h5,7,9-10,19H,3-4,6H2,1-2H3,(H,21,22)/t9-,10-/m1/s1. The first kappa shape index (κ1) is 15.5. The van der Waals surface area contributed by atoms with E-state index in [0.717, 1.165) is 6.20 Å². The maximum Gasteiger partial charge on any atom is 0.341 e. The predicted octanol–water partition coefficient (Wildman–Crippen LogP) is 0.479. The first-order valence-corrected chi connectivity index (χ1v) is 7.47. The normalized spacial score (nSPS) is 23.6. The molecule has 1 saturated heterocycles. The minimum atomic E-state index is -1.44. The summed E-state index contributed by atoms with van der Waals surface area (Å²) in [4.78, 5) is 37.0. The van der Waals surface area contributed by atoms with Gasteiger partial charge in [0.1, 0.15) is 5.56 Å². The average Bonchev–Trinajstić information content (AvgIpc) is 2.49. The lowest BCUT2D eigenvalue weighted by atomic mass is 10.0. The summed E-state index contributed by atoms with van der Waals surface area (Å²) in [5.74, 6) is -2.49. The number of carbonyl (C=O) groups excluding carboxylic acids is 1. The van der Waals surface area contributed by atoms with Crippen LogP contribution in [-0.4, -0.2) is 50.4 Å². The number of rotatable bonds is 2. The first-order chi connectivity index (χ1) is 10.8. The third-order valence-electron chi connectivity index (χ3n) is 4.38. The summed E-state index contributed by atoms with van der Waals surface area (Å²) in [5, 5.41) is 19.0. The highest BCUT2D eigenvalue weighted by Crippen LogP contribution is 2.30. The molecule has 2 N–H and O–H groups in total. The van der Waals surface area contributed by atoms with Gasteiger partial charge in [0, 0.05) is 12.7 Å². The zero-order valence-corrected chi connectivity index (χ0v) is 12.9. The van der Waals surface area contributed by atoms with Gasteiger partial charge >= 0.3 is 5.97 Å². The molecular formula is C15H18N2O6. The number of fused-ring (bicyclic) bond motifs is 2. The van der Waals surface area contributed by atoms with Gasteiger partial charge in [-0.3, -0.25) is 9.59 Å². The first-order valence-electron chi connectivity index (χ1n) is 7.47. The van der Waals surface area contributed by atoms with Crippen molar-refractivity contribution >= 4 is 11.9 Å². The van der Waals surface area contributed by atoms with Crippen LogP contribution in [0.25, 0.3) is 0 Å². The number of carbonyl (C=O) groups is 2. The molecule has 2 aliphatic rings. The summed E-state index contributed by atoms with van der Waals surface area (Å²) in [6.07, 6.45) is 1.26. The SMILES string of the molecule is CC(C)[C@H]1CCN2C(=O)c3c(O)c(=O)c(C(=O)O)cn3C[C@H]2O1. The van der Waals surface area contributed by atoms with Crippen molar-refractivity contribution in [2.24, 2.45) is 5.92 Å². The molecule has 0 aromatic carbocycles. The molecule has 0 unspecified atom stereocenters. The van der Waals surface area contributed by atoms with Crippen molar-refractivity contribution in [3.05, 3.63) is 27.7 Å². The summed E-state index contributed by atoms with van der Waals surface area (Å²) in [6.45, 7) is 4.72. The largest absolute Gasteiger partial charge is 0.503 e. The number of aromatic hydroxyl groups is 1. The van der Waals surface area contributed by atoms with Gasteiger partial charge in [0.15, 0.2) is 17.7 Å². The number of amides is 1. The highest BCUT2D eigenvalue weighted by atomic mass is 16.5. The van der Waals surface area contributed by atoms with E-state index in [2.05, 4.69) is 0 Å². The van der Waals surface area contributed by atoms with E-state index in [1.807, 2.05) is 13.8 Å². The van der Waals surface area contributed by atoms with E-state index in [-0.39, 0.29) is 18.3 Å². The number of aromatic carboxylic acids is 1. The number of carboxylic acids is 1. The van der Waals surface area contributed by atoms with Crippen molar-refractivity contribution in [2.45, 2.75) is 39.1 Å². The van der Waals surface area contributed by atoms with Gasteiger partial charge in [-0.1, -0.05) is 13.8 Å². The molecule has 0 saturated carbocycles. The summed E-state index contributed by atoms with van der Waals surface area (Å²) in [7, 11) is 0. The van der Waals surface area contributed by atoms with Crippen molar-refractivity contribution in [3.63, 3.8) is 0 Å². The van der Waals surface area contributed by atoms with Crippen LogP contribution in [0.15, 0.2) is 11.0 Å². The summed E-state index contributed by atoms with van der Waals surface area (Å²) < 4.78 is 7.22. The number of nitrogens with zero attached hydrogens (tertiary/aromatic N) is 2. The number of pyridine rings is 1. The van der Waals surface area contributed by atoms with Gasteiger partial charge < -0.3 is 24.4 Å². The number of ether oxygens (including phenoxy) is 1. The monoisotopic (exact) mass is 322 g/mol. The molecule has 23 heavy (non-hydrogen) atoms. The van der Waals surface area contributed by atoms with Crippen molar-refractivity contribution in [1.82, 2.24) is 9.47 Å². The second-order valence-electron chi connectivity index (χ2n) is 6.19. The third kappa shape index (κ3) is 2.39. The predicted molar refractivity (Wildman–Crippen MR) is 78.5 cm³/mol. The lowest BCUT2D eigenvalue weighted by Gasteiger charge is -2.44. The van der Waals surface area contributed by atoms with Gasteiger partial charge in [0.25, 0.3) is 5.91 Å². The lowest BCUT2D eigenvalue weighted by molar-refractivity contribution is -0.147. The fourth-order valence-electron chi connectivity index (χ4n) is 3.09. The molecular weight excluding hydrogens is 304 g/mol. The Bertz CT molecular complexity index is 738. The molecule has 8 heteroatoms. The van der Waals surface area contributed by atoms with E-state index in [1.165, 1.54) is 9.47 Å². The molecule has 1 aromatic rings. The van der Waals surface area contributed by atoms with E-state index in [0.29, 0.717) is 18.9 Å². The van der Waals surface area contributed by atoms with Gasteiger partial charge in [-0.25, -0.2) is 4.79 Å². The Balaban J connectivity index is 2.05. The second kappa shape index (κ2) is 5.38. The van der Waals surface area contributed by atoms with Crippen LogP contribution in [0.3, 0.4) is 0 Å². The van der Waals surface area contributed by atoms with Crippen LogP contribution < -0.4 is 5.43 Å². The van der Waals surface area contributed by atoms with E-state index in [1.54, 1.807) is 0 Å². The maximum absolute atomic E-state index is 12.6. The maximum atomic E-state index is 12.6. The molecule has 2 atom stereocenters. The Kier molecular flexibility index (Phi) is 3.63. The van der Waals surface area contributed by atoms with Crippen LogP contribution in [0.1, 0.15) is 41.1 Å². The number of hydrogen-bond donors (Lipinski definition) is 2. The number of carboxylic acid groups (broad SMARTS) is 1. The van der Waals surface area contributed by atoms with Crippen LogP contribution in [0.5, 0.6) is 5.75 Å². The third-order valence-corrected chi connectivity index (χ3v) is 4.38. The van der Waals surface area contributed by atoms with Crippen LogP contribution >= 0.6 is 0 Å². The molecule has 2 aliphatic heterocycles. The molecule has 1 aromatic heterocycles. The Labute approximate surface area is 131 Å². The minimum absolute atomic E-state index is 0.0116. The van der Waals surface area contributed by atoms with Crippen molar-refractivity contribution in [1.29, 1.82) is 0 Å². The molecule has 3 rings (SSSR count). The van der Waals surface area contributed by atoms with E-state index in [4.69, 9.17) is 9.84 Å². The van der Waals surface area contributed by atoms with Gasteiger partial charge in [0.05, 0.1) is 12.6 Å². The van der Waals surface area contributed by atoms with Crippen LogP contribution in [0.4, 0.5) is 0 Å². The lowest BCUT2D eigenvalue weighted by Crippen LogP contribution is -2.56. The van der Waals surface area contributed by atoms with Crippen LogP contribution in [-0.2, 0) is 11.3 Å². The Morgan fingerprint density at radius 2 is 2.09 bits per heavy atom. The molecule has 1 amide bonds. The average molecular weight is 322 g/mol. The summed E-state index contributed by atoms with van der Waals surface area (Å²) in [6, 6.07) is 0. The number of aromatic nitrogens is 1. The fraction of sp³-hybridized carbons (Fsp3) is 0.533. The quantitative estimate of drug-likeness (QED) is 0.819. The molecule has 0 bridgehead atoms. The molecule has 124 valence electrons. The fourth-order valence-corrected chi connectivity index (χ4v) is 3.09. The van der Waals surface area contributed by atoms with Crippen LogP contribution in [0, 0.1) is 5.92 Å². The topological polar surface area (TPSA) is 109 Å². The molecule has 0 aliphatic carbocycles. The second-order valence-corrected chi connectivity index (χ2v) is 6.19. The van der Waals surface area contributed by atoms with Gasteiger partial charge in [-0.05, 0) is 12.3 Å². The minimum Gasteiger partial charge on any atom is -0.503 e. The summed E-state index contributed by atoms with van der Waals surface area (Å²) >= 11 is 0. The van der Waals surface area contributed by atoms with Crippen molar-refractivity contribution in [3.8, 4) is 5.75 Å². The molecule has 8 nitrogen and oxygen atoms in total. The van der Waals surface area contributed by atoms with Crippen molar-refractivity contribution < 1.29 is 24.5 Å². The number of hydrogen-bond acceptors (Lipinski definition) is 5. The van der Waals surface area contributed by atoms with Gasteiger partial charge in [-0.15, -0.1) is 0 Å². The van der Waals surface area contributed by atoms with E-state index < -0.39 is 34.8 Å². The molecule has 1 fully saturated rings. The molecule has 0 spiro atoms. The van der Waals surface area contributed by atoms with E-state index >= 15 is 0 Å². The Morgan fingerprint density at radius 3 is 2.70 bits per heavy atom. The zero-order chi connectivity index (χ0) is 16.9. The van der Waals surface area contributed by atoms with Crippen molar-refractivity contribution in [2.75, 3.05) is 6.54 Å². The van der Waals surface area contributed by atoms with E-state index in [9.17, 15) is 19.5 Å². The molecule has 0 radical (unpaired) electrons. The Hall–Kier alpha value is -2.35. The highest BCUT2D eigenvalue weighted by molar-refractivity contribution is 5.97. The van der Waals surface area contributed by atoms with Crippen LogP contribution in [0.2, 0.25) is 0 Å². The smallest absolute Gasteiger partial charge is 0.341 e. The van der Waals surface area contributed by atoms with Gasteiger partial charge in [0.2, 0.25) is 5.43 Å².